The lowest BCUT2D eigenvalue weighted by molar-refractivity contribution is 0.0202. The lowest BCUT2D eigenvalue weighted by Gasteiger charge is -2.20. The fourth-order valence-electron chi connectivity index (χ4n) is 1.23. The first-order valence-electron chi connectivity index (χ1n) is 3.34. The number of rotatable bonds is 1. The Bertz CT molecular complexity index is 138. The first-order chi connectivity index (χ1) is 4.75. The second-order valence-electron chi connectivity index (χ2n) is 2.36. The predicted molar refractivity (Wildman–Crippen MR) is 36.3 cm³/mol. The Morgan fingerprint density at radius 1 is 1.80 bits per heavy atom. The molecule has 0 aliphatic carbocycles. The van der Waals surface area contributed by atoms with Crippen LogP contribution in [0, 0.1) is 0 Å². The molecule has 2 amide bonds. The predicted octanol–water partition coefficient (Wildman–Crippen LogP) is 0.133. The first-order valence-corrected chi connectivity index (χ1v) is 3.34. The van der Waals surface area contributed by atoms with Crippen LogP contribution in [-0.2, 0) is 4.74 Å². The molecule has 1 aliphatic heterocycles. The quantitative estimate of drug-likeness (QED) is 0.568. The molecule has 0 spiro atoms. The number of hydrogen-bond acceptors (Lipinski definition) is 2. The summed E-state index contributed by atoms with van der Waals surface area (Å²) in [5, 5.41) is 0. The van der Waals surface area contributed by atoms with Crippen molar-refractivity contribution in [1.82, 2.24) is 4.90 Å². The van der Waals surface area contributed by atoms with Crippen molar-refractivity contribution in [3.8, 4) is 0 Å². The van der Waals surface area contributed by atoms with Crippen molar-refractivity contribution >= 4 is 6.03 Å². The van der Waals surface area contributed by atoms with Crippen LogP contribution in [-0.4, -0.2) is 30.8 Å². The Labute approximate surface area is 59.9 Å². The highest BCUT2D eigenvalue weighted by atomic mass is 16.5. The molecular formula is C6H12N2O2. The minimum atomic E-state index is -0.385. The Hall–Kier alpha value is -0.770. The van der Waals surface area contributed by atoms with Crippen molar-refractivity contribution in [3.63, 3.8) is 0 Å². The molecule has 2 N–H and O–H groups in total. The zero-order valence-corrected chi connectivity index (χ0v) is 6.04. The van der Waals surface area contributed by atoms with E-state index in [1.165, 1.54) is 0 Å². The molecule has 1 saturated heterocycles. The molecule has 4 heteroatoms. The fourth-order valence-corrected chi connectivity index (χ4v) is 1.23. The SMILES string of the molecule is CO[C@@H]1CCCN1C(N)=O. The molecule has 0 aromatic heterocycles. The number of amides is 2. The van der Waals surface area contributed by atoms with E-state index in [2.05, 4.69) is 0 Å². The van der Waals surface area contributed by atoms with Crippen molar-refractivity contribution in [2.45, 2.75) is 19.1 Å². The van der Waals surface area contributed by atoms with Gasteiger partial charge in [-0.25, -0.2) is 4.79 Å². The lowest BCUT2D eigenvalue weighted by atomic mass is 10.4. The highest BCUT2D eigenvalue weighted by Crippen LogP contribution is 2.16. The van der Waals surface area contributed by atoms with E-state index in [-0.39, 0.29) is 12.3 Å². The number of methoxy groups -OCH3 is 1. The van der Waals surface area contributed by atoms with Gasteiger partial charge in [-0.1, -0.05) is 0 Å². The molecule has 0 unspecified atom stereocenters. The van der Waals surface area contributed by atoms with Crippen molar-refractivity contribution in [1.29, 1.82) is 0 Å². The number of likely N-dealkylation sites (tertiary alicyclic amines) is 1. The molecule has 1 heterocycles. The van der Waals surface area contributed by atoms with E-state index < -0.39 is 0 Å². The van der Waals surface area contributed by atoms with E-state index in [9.17, 15) is 4.79 Å². The van der Waals surface area contributed by atoms with Crippen molar-refractivity contribution < 1.29 is 9.53 Å². The van der Waals surface area contributed by atoms with E-state index in [0.29, 0.717) is 0 Å². The molecule has 1 atom stereocenters. The van der Waals surface area contributed by atoms with Gasteiger partial charge in [0.15, 0.2) is 0 Å². The maximum Gasteiger partial charge on any atom is 0.316 e. The van der Waals surface area contributed by atoms with Crippen LogP contribution in [0.25, 0.3) is 0 Å². The summed E-state index contributed by atoms with van der Waals surface area (Å²) in [5.41, 5.74) is 5.07. The van der Waals surface area contributed by atoms with Crippen LogP contribution >= 0.6 is 0 Å². The lowest BCUT2D eigenvalue weighted by Crippen LogP contribution is -2.40. The van der Waals surface area contributed by atoms with Gasteiger partial charge in [-0.2, -0.15) is 0 Å². The molecular weight excluding hydrogens is 132 g/mol. The zero-order chi connectivity index (χ0) is 7.56. The monoisotopic (exact) mass is 144 g/mol. The van der Waals surface area contributed by atoms with Gasteiger partial charge in [0.25, 0.3) is 0 Å². The van der Waals surface area contributed by atoms with Gasteiger partial charge >= 0.3 is 6.03 Å². The van der Waals surface area contributed by atoms with Gasteiger partial charge in [0.2, 0.25) is 0 Å². The molecule has 0 saturated carbocycles. The summed E-state index contributed by atoms with van der Waals surface area (Å²) >= 11 is 0. The Morgan fingerprint density at radius 3 is 2.90 bits per heavy atom. The third-order valence-corrected chi connectivity index (χ3v) is 1.75. The number of primary amides is 1. The number of nitrogens with two attached hydrogens (primary N) is 1. The second-order valence-corrected chi connectivity index (χ2v) is 2.36. The van der Waals surface area contributed by atoms with Gasteiger partial charge in [-0.05, 0) is 12.8 Å². The standard InChI is InChI=1S/C6H12N2O2/c1-10-5-3-2-4-8(5)6(7)9/h5H,2-4H2,1H3,(H2,7,9)/t5-/m1/s1. The average Bonchev–Trinajstić information content (AvgIpc) is 2.33. The summed E-state index contributed by atoms with van der Waals surface area (Å²) in [5.74, 6) is 0. The Balaban J connectivity index is 2.50. The summed E-state index contributed by atoms with van der Waals surface area (Å²) < 4.78 is 5.01. The van der Waals surface area contributed by atoms with Gasteiger partial charge < -0.3 is 10.5 Å². The molecule has 0 aromatic carbocycles. The summed E-state index contributed by atoms with van der Waals surface area (Å²) in [4.78, 5) is 12.2. The van der Waals surface area contributed by atoms with Crippen LogP contribution in [0.3, 0.4) is 0 Å². The molecule has 58 valence electrons. The topological polar surface area (TPSA) is 55.6 Å². The van der Waals surface area contributed by atoms with Crippen molar-refractivity contribution in [2.24, 2.45) is 5.73 Å². The van der Waals surface area contributed by atoms with Gasteiger partial charge in [0, 0.05) is 13.7 Å². The van der Waals surface area contributed by atoms with Gasteiger partial charge in [0.05, 0.1) is 0 Å². The summed E-state index contributed by atoms with van der Waals surface area (Å²) in [6, 6.07) is -0.385. The molecule has 4 nitrogen and oxygen atoms in total. The van der Waals surface area contributed by atoms with E-state index in [4.69, 9.17) is 10.5 Å². The number of carbonyl (C=O) groups excluding carboxylic acids is 1. The molecule has 1 rings (SSSR count). The molecule has 1 fully saturated rings. The minimum absolute atomic E-state index is 0.0856. The van der Waals surface area contributed by atoms with Crippen LogP contribution < -0.4 is 5.73 Å². The number of nitrogens with zero attached hydrogens (tertiary/aromatic N) is 1. The van der Waals surface area contributed by atoms with E-state index in [0.717, 1.165) is 19.4 Å². The van der Waals surface area contributed by atoms with Crippen molar-refractivity contribution in [2.75, 3.05) is 13.7 Å². The van der Waals surface area contributed by atoms with Crippen LogP contribution in [0.5, 0.6) is 0 Å². The Morgan fingerprint density at radius 2 is 2.50 bits per heavy atom. The number of carbonyl (C=O) groups is 1. The van der Waals surface area contributed by atoms with E-state index in [1.54, 1.807) is 12.0 Å². The highest BCUT2D eigenvalue weighted by molar-refractivity contribution is 5.72. The smallest absolute Gasteiger partial charge is 0.316 e. The van der Waals surface area contributed by atoms with Crippen LogP contribution in [0.4, 0.5) is 4.79 Å². The normalized spacial score (nSPS) is 25.3. The summed E-state index contributed by atoms with van der Waals surface area (Å²) in [7, 11) is 1.59. The maximum atomic E-state index is 10.6. The van der Waals surface area contributed by atoms with Crippen molar-refractivity contribution in [3.05, 3.63) is 0 Å². The summed E-state index contributed by atoms with van der Waals surface area (Å²) in [6.07, 6.45) is 1.80. The fraction of sp³-hybridized carbons (Fsp3) is 0.833. The van der Waals surface area contributed by atoms with E-state index >= 15 is 0 Å². The molecule has 0 aromatic rings. The Kier molecular flexibility index (Phi) is 2.11. The van der Waals surface area contributed by atoms with Crippen LogP contribution in [0.1, 0.15) is 12.8 Å². The third-order valence-electron chi connectivity index (χ3n) is 1.75. The number of hydrogen-bond donors (Lipinski definition) is 1. The second kappa shape index (κ2) is 2.88. The van der Waals surface area contributed by atoms with Gasteiger partial charge in [-0.15, -0.1) is 0 Å². The first kappa shape index (κ1) is 7.34. The molecule has 1 aliphatic rings. The van der Waals surface area contributed by atoms with E-state index in [1.807, 2.05) is 0 Å². The zero-order valence-electron chi connectivity index (χ0n) is 6.04. The van der Waals surface area contributed by atoms with Gasteiger partial charge in [0.1, 0.15) is 6.23 Å². The number of urea groups is 1. The van der Waals surface area contributed by atoms with Crippen LogP contribution in [0.15, 0.2) is 0 Å². The largest absolute Gasteiger partial charge is 0.361 e. The average molecular weight is 144 g/mol. The van der Waals surface area contributed by atoms with Crippen LogP contribution in [0.2, 0.25) is 0 Å². The molecule has 0 radical (unpaired) electrons. The van der Waals surface area contributed by atoms with Gasteiger partial charge in [-0.3, -0.25) is 4.90 Å². The minimum Gasteiger partial charge on any atom is -0.361 e. The molecule has 10 heavy (non-hydrogen) atoms. The number of ether oxygens (including phenoxy) is 1. The maximum absolute atomic E-state index is 10.6. The molecule has 0 bridgehead atoms. The summed E-state index contributed by atoms with van der Waals surface area (Å²) in [6.45, 7) is 0.730. The third kappa shape index (κ3) is 1.21. The highest BCUT2D eigenvalue weighted by Gasteiger charge is 2.26.